The minimum atomic E-state index is -0.905. The van der Waals surface area contributed by atoms with Crippen LogP contribution in [0.2, 0.25) is 0 Å². The molecule has 0 saturated heterocycles. The number of para-hydroxylation sites is 1. The second-order valence-electron chi connectivity index (χ2n) is 6.61. The van der Waals surface area contributed by atoms with Crippen LogP contribution >= 0.6 is 0 Å². The van der Waals surface area contributed by atoms with Crippen LogP contribution in [0.3, 0.4) is 0 Å². The lowest BCUT2D eigenvalue weighted by atomic mass is 9.96. The molecular weight excluding hydrogens is 338 g/mol. The van der Waals surface area contributed by atoms with Crippen LogP contribution in [0.4, 0.5) is 0 Å². The summed E-state index contributed by atoms with van der Waals surface area (Å²) in [5.74, 6) is -0.905. The smallest absolute Gasteiger partial charge is 0.352 e. The minimum absolute atomic E-state index is 0.348. The van der Waals surface area contributed by atoms with Gasteiger partial charge in [0.05, 0.1) is 6.61 Å². The average molecular weight is 359 g/mol. The molecule has 0 amide bonds. The monoisotopic (exact) mass is 359 g/mol. The van der Waals surface area contributed by atoms with Crippen LogP contribution in [-0.2, 0) is 17.7 Å². The van der Waals surface area contributed by atoms with E-state index in [9.17, 15) is 9.90 Å². The van der Waals surface area contributed by atoms with Crippen molar-refractivity contribution in [1.29, 1.82) is 0 Å². The van der Waals surface area contributed by atoms with E-state index in [-0.39, 0.29) is 0 Å². The molecule has 1 heterocycles. The van der Waals surface area contributed by atoms with Crippen LogP contribution in [0.15, 0.2) is 66.7 Å². The van der Waals surface area contributed by atoms with Gasteiger partial charge in [0, 0.05) is 31.0 Å². The fraction of sp³-hybridized carbons (Fsp3) is 0.174. The first kappa shape index (κ1) is 17.3. The number of hydrogen-bond donors (Lipinski definition) is 1. The molecule has 4 rings (SSSR count). The van der Waals surface area contributed by atoms with Gasteiger partial charge in [-0.3, -0.25) is 0 Å². The molecule has 0 fully saturated rings. The standard InChI is InChI=1S/C23H21NO3/c1-27-14-13-24-21-12-5-4-11-19(21)20(22(24)23(25)26)15-17-9-6-8-16-7-2-3-10-18(16)17/h2-12H,13-15H2,1H3,(H,25,26). The zero-order valence-corrected chi connectivity index (χ0v) is 15.2. The first-order valence-corrected chi connectivity index (χ1v) is 8.99. The van der Waals surface area contributed by atoms with Crippen LogP contribution in [0, 0.1) is 0 Å². The highest BCUT2D eigenvalue weighted by Gasteiger charge is 2.22. The van der Waals surface area contributed by atoms with Gasteiger partial charge in [0.15, 0.2) is 0 Å². The van der Waals surface area contributed by atoms with Crippen molar-refractivity contribution in [1.82, 2.24) is 4.57 Å². The number of methoxy groups -OCH3 is 1. The van der Waals surface area contributed by atoms with E-state index < -0.39 is 5.97 Å². The van der Waals surface area contributed by atoms with Crippen molar-refractivity contribution in [3.05, 3.63) is 83.6 Å². The summed E-state index contributed by atoms with van der Waals surface area (Å²) in [4.78, 5) is 12.2. The first-order chi connectivity index (χ1) is 13.2. The average Bonchev–Trinajstić information content (AvgIpc) is 3.00. The zero-order valence-electron chi connectivity index (χ0n) is 15.2. The predicted octanol–water partition coefficient (Wildman–Crippen LogP) is 4.73. The summed E-state index contributed by atoms with van der Waals surface area (Å²) in [5.41, 5.74) is 3.26. The summed E-state index contributed by atoms with van der Waals surface area (Å²) in [6.07, 6.45) is 0.573. The van der Waals surface area contributed by atoms with E-state index in [1.165, 1.54) is 0 Å². The second-order valence-corrected chi connectivity index (χ2v) is 6.61. The molecule has 4 nitrogen and oxygen atoms in total. The van der Waals surface area contributed by atoms with Gasteiger partial charge in [-0.05, 0) is 28.0 Å². The maximum absolute atomic E-state index is 12.2. The third kappa shape index (κ3) is 3.09. The van der Waals surface area contributed by atoms with Gasteiger partial charge in [0.25, 0.3) is 0 Å². The number of benzene rings is 3. The molecule has 0 aliphatic carbocycles. The Bertz CT molecular complexity index is 1120. The lowest BCUT2D eigenvalue weighted by Gasteiger charge is -2.10. The fourth-order valence-corrected chi connectivity index (χ4v) is 3.85. The highest BCUT2D eigenvalue weighted by atomic mass is 16.5. The molecule has 0 aliphatic heterocycles. The Kier molecular flexibility index (Phi) is 4.65. The van der Waals surface area contributed by atoms with Crippen molar-refractivity contribution in [2.45, 2.75) is 13.0 Å². The number of carboxylic acids is 1. The van der Waals surface area contributed by atoms with Gasteiger partial charge in [0.1, 0.15) is 5.69 Å². The van der Waals surface area contributed by atoms with Crippen LogP contribution in [0.25, 0.3) is 21.7 Å². The minimum Gasteiger partial charge on any atom is -0.477 e. The predicted molar refractivity (Wildman–Crippen MR) is 108 cm³/mol. The lowest BCUT2D eigenvalue weighted by Crippen LogP contribution is -2.13. The molecule has 0 unspecified atom stereocenters. The zero-order chi connectivity index (χ0) is 18.8. The molecule has 3 aromatic carbocycles. The van der Waals surface area contributed by atoms with Gasteiger partial charge in [0.2, 0.25) is 0 Å². The van der Waals surface area contributed by atoms with Gasteiger partial charge < -0.3 is 14.4 Å². The molecule has 27 heavy (non-hydrogen) atoms. The number of carboxylic acid groups (broad SMARTS) is 1. The molecule has 1 aromatic heterocycles. The molecular formula is C23H21NO3. The number of hydrogen-bond acceptors (Lipinski definition) is 2. The van der Waals surface area contributed by atoms with E-state index in [2.05, 4.69) is 24.3 Å². The summed E-state index contributed by atoms with van der Waals surface area (Å²) in [6, 6.07) is 22.3. The van der Waals surface area contributed by atoms with Crippen molar-refractivity contribution in [2.24, 2.45) is 0 Å². The molecule has 0 spiro atoms. The van der Waals surface area contributed by atoms with Crippen molar-refractivity contribution in [3.8, 4) is 0 Å². The number of fused-ring (bicyclic) bond motifs is 2. The highest BCUT2D eigenvalue weighted by Crippen LogP contribution is 2.30. The quantitative estimate of drug-likeness (QED) is 0.541. The van der Waals surface area contributed by atoms with Gasteiger partial charge >= 0.3 is 5.97 Å². The molecule has 0 bridgehead atoms. The van der Waals surface area contributed by atoms with Crippen LogP contribution in [0.5, 0.6) is 0 Å². The normalized spacial score (nSPS) is 11.3. The third-order valence-electron chi connectivity index (χ3n) is 5.04. The Morgan fingerprint density at radius 1 is 0.963 bits per heavy atom. The van der Waals surface area contributed by atoms with Crippen molar-refractivity contribution >= 4 is 27.6 Å². The maximum atomic E-state index is 12.2. The van der Waals surface area contributed by atoms with Gasteiger partial charge in [-0.2, -0.15) is 0 Å². The summed E-state index contributed by atoms with van der Waals surface area (Å²) < 4.78 is 7.06. The third-order valence-corrected chi connectivity index (χ3v) is 5.04. The molecule has 0 saturated carbocycles. The van der Waals surface area contributed by atoms with E-state index in [1.807, 2.05) is 47.0 Å². The summed E-state index contributed by atoms with van der Waals surface area (Å²) >= 11 is 0. The Hall–Kier alpha value is -3.11. The van der Waals surface area contributed by atoms with Crippen molar-refractivity contribution < 1.29 is 14.6 Å². The Morgan fingerprint density at radius 2 is 1.67 bits per heavy atom. The number of carbonyl (C=O) groups is 1. The van der Waals surface area contributed by atoms with Gasteiger partial charge in [-0.1, -0.05) is 60.7 Å². The number of nitrogens with zero attached hydrogens (tertiary/aromatic N) is 1. The molecule has 4 aromatic rings. The molecule has 0 radical (unpaired) electrons. The fourth-order valence-electron chi connectivity index (χ4n) is 3.85. The van der Waals surface area contributed by atoms with E-state index in [0.29, 0.717) is 25.3 Å². The topological polar surface area (TPSA) is 51.5 Å². The molecule has 0 aliphatic rings. The molecule has 136 valence electrons. The first-order valence-electron chi connectivity index (χ1n) is 8.99. The Balaban J connectivity index is 1.93. The van der Waals surface area contributed by atoms with E-state index in [0.717, 1.165) is 32.8 Å². The SMILES string of the molecule is COCCn1c(C(=O)O)c(Cc2cccc3ccccc23)c2ccccc21. The Morgan fingerprint density at radius 3 is 2.44 bits per heavy atom. The van der Waals surface area contributed by atoms with E-state index in [1.54, 1.807) is 7.11 Å². The lowest BCUT2D eigenvalue weighted by molar-refractivity contribution is 0.0682. The number of aromatic nitrogens is 1. The van der Waals surface area contributed by atoms with Crippen LogP contribution in [0.1, 0.15) is 21.6 Å². The molecule has 1 N–H and O–H groups in total. The van der Waals surface area contributed by atoms with E-state index in [4.69, 9.17) is 4.74 Å². The largest absolute Gasteiger partial charge is 0.477 e. The van der Waals surface area contributed by atoms with Crippen molar-refractivity contribution in [3.63, 3.8) is 0 Å². The second kappa shape index (κ2) is 7.25. The summed E-state index contributed by atoms with van der Waals surface area (Å²) in [7, 11) is 1.63. The Labute approximate surface area is 157 Å². The number of aromatic carboxylic acids is 1. The van der Waals surface area contributed by atoms with Gasteiger partial charge in [-0.25, -0.2) is 4.79 Å². The molecule has 4 heteroatoms. The van der Waals surface area contributed by atoms with Crippen LogP contribution in [-0.4, -0.2) is 29.4 Å². The van der Waals surface area contributed by atoms with Crippen LogP contribution < -0.4 is 0 Å². The maximum Gasteiger partial charge on any atom is 0.352 e. The summed E-state index contributed by atoms with van der Waals surface area (Å²) in [6.45, 7) is 0.973. The highest BCUT2D eigenvalue weighted by molar-refractivity contribution is 5.99. The summed E-state index contributed by atoms with van der Waals surface area (Å²) in [5, 5.41) is 13.3. The van der Waals surface area contributed by atoms with Gasteiger partial charge in [-0.15, -0.1) is 0 Å². The number of ether oxygens (including phenoxy) is 1. The van der Waals surface area contributed by atoms with Crippen molar-refractivity contribution in [2.75, 3.05) is 13.7 Å². The van der Waals surface area contributed by atoms with E-state index >= 15 is 0 Å². The molecule has 0 atom stereocenters. The number of rotatable bonds is 6.